The molecule has 35 heavy (non-hydrogen) atoms. The number of nitrogens with two attached hydrogens (primary N) is 1. The number of benzene rings is 2. The lowest BCUT2D eigenvalue weighted by Crippen LogP contribution is -2.38. The number of likely N-dealkylation sites (tertiary alicyclic amines) is 1. The van der Waals surface area contributed by atoms with Gasteiger partial charge in [0, 0.05) is 49.9 Å². The Balaban J connectivity index is 1.27. The van der Waals surface area contributed by atoms with Crippen molar-refractivity contribution in [3.63, 3.8) is 0 Å². The van der Waals surface area contributed by atoms with E-state index in [9.17, 15) is 9.59 Å². The van der Waals surface area contributed by atoms with Crippen molar-refractivity contribution in [2.45, 2.75) is 25.2 Å². The van der Waals surface area contributed by atoms with Crippen molar-refractivity contribution >= 4 is 22.7 Å². The summed E-state index contributed by atoms with van der Waals surface area (Å²) >= 11 is 0. The van der Waals surface area contributed by atoms with E-state index in [2.05, 4.69) is 19.9 Å². The average Bonchev–Trinajstić information content (AvgIpc) is 3.34. The van der Waals surface area contributed by atoms with Crippen LogP contribution in [0.2, 0.25) is 0 Å². The fraction of sp³-hybridized carbons (Fsp3) is 0.269. The molecule has 0 saturated carbocycles. The molecule has 1 aliphatic rings. The van der Waals surface area contributed by atoms with Crippen molar-refractivity contribution in [2.24, 2.45) is 5.73 Å². The van der Waals surface area contributed by atoms with Crippen LogP contribution in [0.25, 0.3) is 11.0 Å². The molecule has 9 nitrogen and oxygen atoms in total. The lowest BCUT2D eigenvalue weighted by Gasteiger charge is -2.32. The SMILES string of the molecule is NCCC(=O)N1CCC(c2nccnc2Oc2ccc(C(=O)c3nc4ccccc4[nH]3)cc2)CC1. The van der Waals surface area contributed by atoms with E-state index in [0.717, 1.165) is 29.6 Å². The Kier molecular flexibility index (Phi) is 6.49. The Morgan fingerprint density at radius 1 is 1.03 bits per heavy atom. The standard InChI is InChI=1S/C26H26N6O3/c27-12-9-22(33)32-15-10-17(11-16-32)23-26(29-14-13-28-23)35-19-7-5-18(6-8-19)24(34)25-30-20-3-1-2-4-21(20)31-25/h1-8,13-14,17H,9-12,15-16,27H2,(H,30,31). The van der Waals surface area contributed by atoms with Crippen LogP contribution in [0.5, 0.6) is 11.6 Å². The first-order chi connectivity index (χ1) is 17.1. The molecule has 1 saturated heterocycles. The number of ether oxygens (including phenoxy) is 1. The van der Waals surface area contributed by atoms with Crippen molar-refractivity contribution in [1.82, 2.24) is 24.8 Å². The normalized spacial score (nSPS) is 14.3. The molecule has 0 aliphatic carbocycles. The van der Waals surface area contributed by atoms with Crippen LogP contribution in [-0.2, 0) is 4.79 Å². The number of hydrogen-bond acceptors (Lipinski definition) is 7. The van der Waals surface area contributed by atoms with Gasteiger partial charge in [-0.25, -0.2) is 9.97 Å². The molecule has 0 unspecified atom stereocenters. The number of amides is 1. The first-order valence-electron chi connectivity index (χ1n) is 11.7. The van der Waals surface area contributed by atoms with E-state index in [-0.39, 0.29) is 17.6 Å². The summed E-state index contributed by atoms with van der Waals surface area (Å²) in [5.74, 6) is 1.35. The van der Waals surface area contributed by atoms with Crippen molar-refractivity contribution < 1.29 is 14.3 Å². The highest BCUT2D eigenvalue weighted by molar-refractivity contribution is 6.08. The number of aromatic amines is 1. The number of piperidine rings is 1. The summed E-state index contributed by atoms with van der Waals surface area (Å²) in [6, 6.07) is 14.4. The van der Waals surface area contributed by atoms with Crippen molar-refractivity contribution in [3.05, 3.63) is 78.0 Å². The first-order valence-corrected chi connectivity index (χ1v) is 11.7. The molecule has 4 aromatic rings. The van der Waals surface area contributed by atoms with Crippen LogP contribution in [0, 0.1) is 0 Å². The number of nitrogens with one attached hydrogen (secondary N) is 1. The zero-order chi connectivity index (χ0) is 24.2. The number of ketones is 1. The van der Waals surface area contributed by atoms with Gasteiger partial charge in [-0.3, -0.25) is 14.6 Å². The van der Waals surface area contributed by atoms with Crippen molar-refractivity contribution in [1.29, 1.82) is 0 Å². The number of aromatic nitrogens is 4. The maximum atomic E-state index is 12.9. The maximum absolute atomic E-state index is 12.9. The molecule has 0 bridgehead atoms. The van der Waals surface area contributed by atoms with Gasteiger partial charge in [-0.1, -0.05) is 12.1 Å². The van der Waals surface area contributed by atoms with Crippen LogP contribution in [0.3, 0.4) is 0 Å². The number of fused-ring (bicyclic) bond motifs is 1. The summed E-state index contributed by atoms with van der Waals surface area (Å²) in [7, 11) is 0. The van der Waals surface area contributed by atoms with Crippen LogP contribution in [0.15, 0.2) is 60.9 Å². The van der Waals surface area contributed by atoms with Crippen molar-refractivity contribution in [3.8, 4) is 11.6 Å². The summed E-state index contributed by atoms with van der Waals surface area (Å²) in [6.45, 7) is 1.69. The van der Waals surface area contributed by atoms with E-state index < -0.39 is 0 Å². The molecular weight excluding hydrogens is 444 g/mol. The molecular formula is C26H26N6O3. The molecule has 9 heteroatoms. The van der Waals surface area contributed by atoms with Gasteiger partial charge in [-0.05, 0) is 49.2 Å². The molecule has 1 aliphatic heterocycles. The smallest absolute Gasteiger partial charge is 0.241 e. The Labute approximate surface area is 202 Å². The van der Waals surface area contributed by atoms with Crippen molar-refractivity contribution in [2.75, 3.05) is 19.6 Å². The van der Waals surface area contributed by atoms with E-state index in [1.54, 1.807) is 36.7 Å². The first kappa shape index (κ1) is 22.7. The second-order valence-corrected chi connectivity index (χ2v) is 8.50. The maximum Gasteiger partial charge on any atom is 0.241 e. The van der Waals surface area contributed by atoms with Crippen LogP contribution < -0.4 is 10.5 Å². The number of carbonyl (C=O) groups excluding carboxylic acids is 2. The summed E-state index contributed by atoms with van der Waals surface area (Å²) in [4.78, 5) is 43.2. The highest BCUT2D eigenvalue weighted by Gasteiger charge is 2.27. The molecule has 2 aromatic heterocycles. The second-order valence-electron chi connectivity index (χ2n) is 8.50. The van der Waals surface area contributed by atoms with E-state index in [0.29, 0.717) is 49.1 Å². The molecule has 0 spiro atoms. The van der Waals surface area contributed by atoms with E-state index >= 15 is 0 Å². The van der Waals surface area contributed by atoms with Gasteiger partial charge in [0.15, 0.2) is 5.82 Å². The lowest BCUT2D eigenvalue weighted by atomic mass is 9.93. The van der Waals surface area contributed by atoms with Crippen LogP contribution in [-0.4, -0.2) is 56.2 Å². The highest BCUT2D eigenvalue weighted by Crippen LogP contribution is 2.33. The van der Waals surface area contributed by atoms with Gasteiger partial charge in [-0.15, -0.1) is 0 Å². The Morgan fingerprint density at radius 2 is 1.77 bits per heavy atom. The molecule has 0 atom stereocenters. The topological polar surface area (TPSA) is 127 Å². The minimum absolute atomic E-state index is 0.0962. The lowest BCUT2D eigenvalue weighted by molar-refractivity contribution is -0.132. The zero-order valence-corrected chi connectivity index (χ0v) is 19.2. The van der Waals surface area contributed by atoms with Crippen LogP contribution in [0.4, 0.5) is 0 Å². The van der Waals surface area contributed by atoms with Crippen LogP contribution in [0.1, 0.15) is 47.1 Å². The van der Waals surface area contributed by atoms with E-state index in [4.69, 9.17) is 10.5 Å². The Bertz CT molecular complexity index is 1310. The summed E-state index contributed by atoms with van der Waals surface area (Å²) in [6.07, 6.45) is 5.20. The largest absolute Gasteiger partial charge is 0.437 e. The molecule has 2 aromatic carbocycles. The predicted octanol–water partition coefficient (Wildman–Crippen LogP) is 3.43. The second kappa shape index (κ2) is 10.0. The molecule has 1 fully saturated rings. The van der Waals surface area contributed by atoms with Gasteiger partial charge in [0.1, 0.15) is 11.4 Å². The van der Waals surface area contributed by atoms with E-state index in [1.807, 2.05) is 29.2 Å². The average molecular weight is 471 g/mol. The Morgan fingerprint density at radius 3 is 2.51 bits per heavy atom. The van der Waals surface area contributed by atoms with Gasteiger partial charge in [0.25, 0.3) is 0 Å². The monoisotopic (exact) mass is 470 g/mol. The fourth-order valence-corrected chi connectivity index (χ4v) is 4.36. The zero-order valence-electron chi connectivity index (χ0n) is 19.2. The van der Waals surface area contributed by atoms with Gasteiger partial charge in [0.2, 0.25) is 17.6 Å². The minimum Gasteiger partial charge on any atom is -0.437 e. The molecule has 3 N–H and O–H groups in total. The third-order valence-electron chi connectivity index (χ3n) is 6.22. The highest BCUT2D eigenvalue weighted by atomic mass is 16.5. The number of nitrogens with zero attached hydrogens (tertiary/aromatic N) is 4. The summed E-state index contributed by atoms with van der Waals surface area (Å²) < 4.78 is 6.06. The van der Waals surface area contributed by atoms with Gasteiger partial charge in [-0.2, -0.15) is 0 Å². The van der Waals surface area contributed by atoms with Gasteiger partial charge >= 0.3 is 0 Å². The van der Waals surface area contributed by atoms with Gasteiger partial charge < -0.3 is 20.4 Å². The number of imidazole rings is 1. The molecule has 178 valence electrons. The third kappa shape index (κ3) is 4.90. The number of rotatable bonds is 7. The predicted molar refractivity (Wildman–Crippen MR) is 130 cm³/mol. The van der Waals surface area contributed by atoms with E-state index in [1.165, 1.54) is 0 Å². The number of hydrogen-bond donors (Lipinski definition) is 2. The third-order valence-corrected chi connectivity index (χ3v) is 6.22. The summed E-state index contributed by atoms with van der Waals surface area (Å²) in [5.41, 5.74) is 8.37. The number of carbonyl (C=O) groups is 2. The van der Waals surface area contributed by atoms with Crippen LogP contribution >= 0.6 is 0 Å². The fourth-order valence-electron chi connectivity index (χ4n) is 4.36. The number of H-pyrrole nitrogens is 1. The summed E-state index contributed by atoms with van der Waals surface area (Å²) in [5, 5.41) is 0. The molecule has 3 heterocycles. The number of para-hydroxylation sites is 2. The van der Waals surface area contributed by atoms with Gasteiger partial charge in [0.05, 0.1) is 11.0 Å². The molecule has 5 rings (SSSR count). The Hall–Kier alpha value is -4.11. The molecule has 1 amide bonds. The molecule has 0 radical (unpaired) electrons. The minimum atomic E-state index is -0.191. The quantitative estimate of drug-likeness (QED) is 0.396.